The van der Waals surface area contributed by atoms with Gasteiger partial charge in [-0.2, -0.15) is 10.4 Å². The van der Waals surface area contributed by atoms with Crippen LogP contribution in [0.15, 0.2) is 71.3 Å². The summed E-state index contributed by atoms with van der Waals surface area (Å²) in [5.41, 5.74) is 2.03. The van der Waals surface area contributed by atoms with Crippen LogP contribution in [-0.4, -0.2) is 18.0 Å². The number of anilines is 1. The number of carbonyl (C=O) groups excluding carboxylic acids is 1. The molecule has 0 saturated heterocycles. The third kappa shape index (κ3) is 3.31. The predicted molar refractivity (Wildman–Crippen MR) is 90.7 cm³/mol. The molecule has 1 heterocycles. The molecule has 112 valence electrons. The van der Waals surface area contributed by atoms with Crippen molar-refractivity contribution in [1.82, 2.24) is 0 Å². The van der Waals surface area contributed by atoms with E-state index in [4.69, 9.17) is 11.6 Å². The van der Waals surface area contributed by atoms with Crippen LogP contribution in [0.4, 0.5) is 5.69 Å². The van der Waals surface area contributed by atoms with Gasteiger partial charge in [0.1, 0.15) is 5.71 Å². The summed E-state index contributed by atoms with van der Waals surface area (Å²) in [5, 5.41) is 15.8. The maximum Gasteiger partial charge on any atom is 0.213 e. The smallest absolute Gasteiger partial charge is 0.213 e. The Kier molecular flexibility index (Phi) is 4.22. The van der Waals surface area contributed by atoms with Gasteiger partial charge >= 0.3 is 0 Å². The van der Waals surface area contributed by atoms with Gasteiger partial charge in [-0.1, -0.05) is 29.8 Å². The van der Waals surface area contributed by atoms with Gasteiger partial charge in [-0.05, 0) is 42.5 Å². The van der Waals surface area contributed by atoms with Gasteiger partial charge in [0.2, 0.25) is 5.78 Å². The van der Waals surface area contributed by atoms with Crippen LogP contribution >= 0.6 is 11.6 Å². The minimum absolute atomic E-state index is 0.235. The molecule has 5 heteroatoms. The molecule has 1 aliphatic rings. The van der Waals surface area contributed by atoms with E-state index in [0.29, 0.717) is 22.7 Å². The molecular formula is C18H12ClN3O. The van der Waals surface area contributed by atoms with Gasteiger partial charge in [-0.15, -0.1) is 0 Å². The first-order valence-corrected chi connectivity index (χ1v) is 7.37. The number of benzene rings is 2. The van der Waals surface area contributed by atoms with E-state index in [2.05, 4.69) is 11.2 Å². The Bertz CT molecular complexity index is 833. The number of halogens is 1. The zero-order valence-corrected chi connectivity index (χ0v) is 12.9. The number of hydrogen-bond acceptors (Lipinski definition) is 4. The van der Waals surface area contributed by atoms with E-state index in [9.17, 15) is 10.1 Å². The second-order valence-electron chi connectivity index (χ2n) is 5.00. The third-order valence-corrected chi connectivity index (χ3v) is 3.65. The number of ketones is 1. The summed E-state index contributed by atoms with van der Waals surface area (Å²) in [6.45, 7) is 0.345. The molecule has 0 bridgehead atoms. The number of hydrogen-bond donors (Lipinski definition) is 0. The number of allylic oxidation sites excluding steroid dienone is 1. The molecule has 2 aromatic rings. The number of hydrazone groups is 1. The van der Waals surface area contributed by atoms with Crippen LogP contribution in [0.3, 0.4) is 0 Å². The largest absolute Gasteiger partial charge is 0.287 e. The highest BCUT2D eigenvalue weighted by molar-refractivity contribution is 6.50. The molecule has 0 radical (unpaired) electrons. The van der Waals surface area contributed by atoms with Crippen molar-refractivity contribution >= 4 is 28.8 Å². The quantitative estimate of drug-likeness (QED) is 0.807. The Morgan fingerprint density at radius 3 is 2.48 bits per heavy atom. The van der Waals surface area contributed by atoms with E-state index < -0.39 is 0 Å². The molecule has 0 aromatic heterocycles. The Balaban J connectivity index is 1.97. The number of carbonyl (C=O) groups is 1. The first kappa shape index (κ1) is 15.0. The normalized spacial score (nSPS) is 13.8. The van der Waals surface area contributed by atoms with Gasteiger partial charge in [-0.3, -0.25) is 9.80 Å². The molecule has 3 rings (SSSR count). The van der Waals surface area contributed by atoms with Gasteiger partial charge in [0.15, 0.2) is 0 Å². The summed E-state index contributed by atoms with van der Waals surface area (Å²) in [6, 6.07) is 18.2. The van der Waals surface area contributed by atoms with E-state index in [1.807, 2.05) is 30.3 Å². The van der Waals surface area contributed by atoms with Crippen molar-refractivity contribution in [3.63, 3.8) is 0 Å². The van der Waals surface area contributed by atoms with Crippen LogP contribution in [-0.2, 0) is 0 Å². The Hall–Kier alpha value is -2.90. The van der Waals surface area contributed by atoms with Crippen LogP contribution in [0, 0.1) is 11.3 Å². The highest BCUT2D eigenvalue weighted by atomic mass is 35.5. The first-order valence-electron chi connectivity index (χ1n) is 6.99. The summed E-state index contributed by atoms with van der Waals surface area (Å²) in [7, 11) is 0. The molecule has 0 fully saturated rings. The lowest BCUT2D eigenvalue weighted by molar-refractivity contribution is 0.106. The molecule has 1 aliphatic heterocycles. The highest BCUT2D eigenvalue weighted by Gasteiger charge is 2.20. The molecule has 0 N–H and O–H groups in total. The summed E-state index contributed by atoms with van der Waals surface area (Å²) in [5.74, 6) is -0.241. The van der Waals surface area contributed by atoms with Gasteiger partial charge < -0.3 is 0 Å². The first-order chi connectivity index (χ1) is 11.2. The fourth-order valence-electron chi connectivity index (χ4n) is 2.24. The minimum Gasteiger partial charge on any atom is -0.287 e. The monoisotopic (exact) mass is 321 g/mol. The second-order valence-corrected chi connectivity index (χ2v) is 5.43. The van der Waals surface area contributed by atoms with E-state index in [1.165, 1.54) is 6.08 Å². The van der Waals surface area contributed by atoms with Crippen molar-refractivity contribution in [3.8, 4) is 6.07 Å². The number of nitriles is 1. The highest BCUT2D eigenvalue weighted by Crippen LogP contribution is 2.20. The number of para-hydroxylation sites is 1. The molecule has 0 saturated carbocycles. The van der Waals surface area contributed by atoms with Crippen molar-refractivity contribution in [3.05, 3.63) is 76.8 Å². The van der Waals surface area contributed by atoms with Crippen LogP contribution < -0.4 is 5.01 Å². The summed E-state index contributed by atoms with van der Waals surface area (Å²) in [4.78, 5) is 12.6. The van der Waals surface area contributed by atoms with Gasteiger partial charge in [0, 0.05) is 10.6 Å². The molecule has 0 unspecified atom stereocenters. The Labute approximate surface area is 138 Å². The van der Waals surface area contributed by atoms with Crippen molar-refractivity contribution < 1.29 is 4.79 Å². The van der Waals surface area contributed by atoms with Crippen molar-refractivity contribution in [2.45, 2.75) is 0 Å². The maximum absolute atomic E-state index is 12.6. The number of Topliss-reactive ketones (excluding diaryl/α,β-unsaturated/α-hetero) is 1. The van der Waals surface area contributed by atoms with Gasteiger partial charge in [0.25, 0.3) is 0 Å². The van der Waals surface area contributed by atoms with Crippen LogP contribution in [0.2, 0.25) is 5.02 Å². The minimum atomic E-state index is -0.241. The van der Waals surface area contributed by atoms with Crippen molar-refractivity contribution in [2.24, 2.45) is 5.10 Å². The molecule has 2 aromatic carbocycles. The van der Waals surface area contributed by atoms with Gasteiger partial charge in [0.05, 0.1) is 23.9 Å². The SMILES string of the molecule is N#CC1=CC(C(=O)c2ccc(Cl)cc2)=NN(c2ccccc2)C1. The second kappa shape index (κ2) is 6.47. The van der Waals surface area contributed by atoms with Crippen molar-refractivity contribution in [1.29, 1.82) is 5.26 Å². The lowest BCUT2D eigenvalue weighted by atomic mass is 10.0. The molecular weight excluding hydrogens is 310 g/mol. The summed E-state index contributed by atoms with van der Waals surface area (Å²) < 4.78 is 0. The van der Waals surface area contributed by atoms with Gasteiger partial charge in [-0.25, -0.2) is 0 Å². The van der Waals surface area contributed by atoms with E-state index in [1.54, 1.807) is 29.3 Å². The van der Waals surface area contributed by atoms with Crippen molar-refractivity contribution in [2.75, 3.05) is 11.6 Å². The summed E-state index contributed by atoms with van der Waals surface area (Å²) >= 11 is 5.85. The third-order valence-electron chi connectivity index (χ3n) is 3.40. The number of rotatable bonds is 3. The standard InChI is InChI=1S/C18H12ClN3O/c19-15-8-6-14(7-9-15)18(23)17-10-13(11-20)12-22(21-17)16-4-2-1-3-5-16/h1-10H,12H2. The zero-order chi connectivity index (χ0) is 16.2. The Morgan fingerprint density at radius 1 is 1.13 bits per heavy atom. The summed E-state index contributed by atoms with van der Waals surface area (Å²) in [6.07, 6.45) is 1.54. The van der Waals surface area contributed by atoms with E-state index >= 15 is 0 Å². The van der Waals surface area contributed by atoms with Crippen LogP contribution in [0.5, 0.6) is 0 Å². The topological polar surface area (TPSA) is 56.5 Å². The molecule has 23 heavy (non-hydrogen) atoms. The average molecular weight is 322 g/mol. The molecule has 0 spiro atoms. The molecule has 0 amide bonds. The average Bonchev–Trinajstić information content (AvgIpc) is 2.62. The fourth-order valence-corrected chi connectivity index (χ4v) is 2.37. The fraction of sp³-hybridized carbons (Fsp3) is 0.0556. The zero-order valence-electron chi connectivity index (χ0n) is 12.1. The maximum atomic E-state index is 12.6. The Morgan fingerprint density at radius 2 is 1.83 bits per heavy atom. The van der Waals surface area contributed by atoms with E-state index in [0.717, 1.165) is 5.69 Å². The molecule has 0 atom stereocenters. The van der Waals surface area contributed by atoms with E-state index in [-0.39, 0.29) is 11.5 Å². The molecule has 4 nitrogen and oxygen atoms in total. The van der Waals surface area contributed by atoms with Crippen LogP contribution in [0.25, 0.3) is 0 Å². The lowest BCUT2D eigenvalue weighted by Gasteiger charge is -2.23. The van der Waals surface area contributed by atoms with Crippen LogP contribution in [0.1, 0.15) is 10.4 Å². The number of nitrogens with zero attached hydrogens (tertiary/aromatic N) is 3. The molecule has 0 aliphatic carbocycles. The lowest BCUT2D eigenvalue weighted by Crippen LogP contribution is -2.28. The predicted octanol–water partition coefficient (Wildman–Crippen LogP) is 3.85.